The summed E-state index contributed by atoms with van der Waals surface area (Å²) in [6.07, 6.45) is 2.79. The minimum absolute atomic E-state index is 0.0755. The Kier molecular flexibility index (Phi) is 4.15. The van der Waals surface area contributed by atoms with Crippen LogP contribution in [0, 0.1) is 22.7 Å². The summed E-state index contributed by atoms with van der Waals surface area (Å²) in [5.41, 5.74) is 2.20. The Balaban J connectivity index is 1.94. The van der Waals surface area contributed by atoms with Gasteiger partial charge in [-0.1, -0.05) is 38.1 Å². The van der Waals surface area contributed by atoms with Crippen molar-refractivity contribution in [3.05, 3.63) is 47.5 Å². The van der Waals surface area contributed by atoms with Gasteiger partial charge >= 0.3 is 0 Å². The van der Waals surface area contributed by atoms with Crippen molar-refractivity contribution in [1.29, 1.82) is 5.26 Å². The highest BCUT2D eigenvalue weighted by atomic mass is 16.5. The lowest BCUT2D eigenvalue weighted by Gasteiger charge is -2.40. The standard InChI is InChI=1S/C22H23N3O2/c1-22(2)9-8-15-17(11-22)24-21(26)16(12-23)19(15)20-14-7-5-4-6-13(14)10-18(25-20)27-3/h4-7,10,15,19,26H,8-9,11H2,1-3H3. The van der Waals surface area contributed by atoms with Gasteiger partial charge in [-0.15, -0.1) is 0 Å². The number of aliphatic hydroxyl groups excluding tert-OH is 1. The van der Waals surface area contributed by atoms with Crippen LogP contribution in [0.2, 0.25) is 0 Å². The second-order valence-corrected chi connectivity index (χ2v) is 8.19. The van der Waals surface area contributed by atoms with Crippen LogP contribution >= 0.6 is 0 Å². The molecule has 1 aromatic heterocycles. The van der Waals surface area contributed by atoms with Crippen LogP contribution in [-0.4, -0.2) is 22.9 Å². The van der Waals surface area contributed by atoms with E-state index >= 15 is 0 Å². The molecule has 4 rings (SSSR count). The van der Waals surface area contributed by atoms with Crippen molar-refractivity contribution in [1.82, 2.24) is 4.98 Å². The number of hydrogen-bond acceptors (Lipinski definition) is 5. The molecule has 2 aromatic rings. The number of fused-ring (bicyclic) bond motifs is 2. The molecule has 0 radical (unpaired) electrons. The van der Waals surface area contributed by atoms with Crippen LogP contribution in [0.5, 0.6) is 5.88 Å². The molecule has 2 heterocycles. The van der Waals surface area contributed by atoms with Crippen LogP contribution in [0.4, 0.5) is 0 Å². The third-order valence-electron chi connectivity index (χ3n) is 5.79. The molecule has 0 amide bonds. The fourth-order valence-electron chi connectivity index (χ4n) is 4.43. The number of pyridine rings is 1. The lowest BCUT2D eigenvalue weighted by Crippen LogP contribution is -2.37. The van der Waals surface area contributed by atoms with Crippen molar-refractivity contribution in [2.75, 3.05) is 7.11 Å². The number of methoxy groups -OCH3 is 1. The van der Waals surface area contributed by atoms with Crippen molar-refractivity contribution >= 4 is 16.5 Å². The number of hydrogen-bond donors (Lipinski definition) is 1. The van der Waals surface area contributed by atoms with Gasteiger partial charge in [-0.25, -0.2) is 9.98 Å². The summed E-state index contributed by atoms with van der Waals surface area (Å²) < 4.78 is 5.42. The number of nitrogens with zero attached hydrogens (tertiary/aromatic N) is 3. The molecule has 27 heavy (non-hydrogen) atoms. The van der Waals surface area contributed by atoms with E-state index in [1.54, 1.807) is 7.11 Å². The highest BCUT2D eigenvalue weighted by molar-refractivity contribution is 5.93. The first kappa shape index (κ1) is 17.5. The second-order valence-electron chi connectivity index (χ2n) is 8.19. The number of aromatic nitrogens is 1. The maximum absolute atomic E-state index is 10.5. The molecule has 0 bridgehead atoms. The van der Waals surface area contributed by atoms with Crippen molar-refractivity contribution in [2.45, 2.75) is 39.0 Å². The molecule has 1 saturated carbocycles. The van der Waals surface area contributed by atoms with Crippen LogP contribution in [0.1, 0.15) is 44.7 Å². The van der Waals surface area contributed by atoms with Gasteiger partial charge in [0, 0.05) is 23.1 Å². The summed E-state index contributed by atoms with van der Waals surface area (Å²) in [5, 5.41) is 22.3. The molecular weight excluding hydrogens is 338 g/mol. The average Bonchev–Trinajstić information content (AvgIpc) is 2.65. The molecule has 2 aliphatic rings. The van der Waals surface area contributed by atoms with E-state index in [-0.39, 0.29) is 23.1 Å². The topological polar surface area (TPSA) is 78.5 Å². The monoisotopic (exact) mass is 361 g/mol. The van der Waals surface area contributed by atoms with Crippen LogP contribution in [0.3, 0.4) is 0 Å². The molecule has 1 N–H and O–H groups in total. The molecule has 5 nitrogen and oxygen atoms in total. The van der Waals surface area contributed by atoms with Gasteiger partial charge in [-0.2, -0.15) is 5.26 Å². The molecular formula is C22H23N3O2. The van der Waals surface area contributed by atoms with E-state index in [0.717, 1.165) is 41.4 Å². The zero-order valence-electron chi connectivity index (χ0n) is 15.9. The van der Waals surface area contributed by atoms with Gasteiger partial charge < -0.3 is 9.84 Å². The maximum Gasteiger partial charge on any atom is 0.225 e. The molecule has 1 aliphatic heterocycles. The first-order valence-electron chi connectivity index (χ1n) is 9.28. The van der Waals surface area contributed by atoms with Gasteiger partial charge in [0.25, 0.3) is 0 Å². The Morgan fingerprint density at radius 2 is 2.07 bits per heavy atom. The van der Waals surface area contributed by atoms with Crippen molar-refractivity contribution in [2.24, 2.45) is 16.3 Å². The number of ether oxygens (including phenoxy) is 1. The first-order chi connectivity index (χ1) is 12.9. The Labute approximate surface area is 159 Å². The van der Waals surface area contributed by atoms with Crippen LogP contribution in [-0.2, 0) is 0 Å². The van der Waals surface area contributed by atoms with Crippen LogP contribution in [0.25, 0.3) is 10.8 Å². The maximum atomic E-state index is 10.5. The normalized spacial score (nSPS) is 24.1. The first-order valence-corrected chi connectivity index (χ1v) is 9.28. The minimum atomic E-state index is -0.307. The SMILES string of the molecule is COc1cc2ccccc2c(C2C(C#N)=C(O)N=C3CC(C)(C)CCC32)n1. The largest absolute Gasteiger partial charge is 0.493 e. The third-order valence-corrected chi connectivity index (χ3v) is 5.79. The molecule has 5 heteroatoms. The predicted octanol–water partition coefficient (Wildman–Crippen LogP) is 4.90. The molecule has 1 aliphatic carbocycles. The van der Waals surface area contributed by atoms with E-state index in [4.69, 9.17) is 9.72 Å². The molecule has 0 saturated heterocycles. The second kappa shape index (κ2) is 6.38. The Morgan fingerprint density at radius 3 is 2.81 bits per heavy atom. The number of rotatable bonds is 2. The average molecular weight is 361 g/mol. The number of aliphatic hydroxyl groups is 1. The van der Waals surface area contributed by atoms with Gasteiger partial charge in [0.2, 0.25) is 11.8 Å². The number of benzene rings is 1. The number of nitriles is 1. The summed E-state index contributed by atoms with van der Waals surface area (Å²) in [4.78, 5) is 9.15. The van der Waals surface area contributed by atoms with Crippen molar-refractivity contribution < 1.29 is 9.84 Å². The number of aliphatic imine (C=N–C) groups is 1. The highest BCUT2D eigenvalue weighted by Crippen LogP contribution is 2.48. The van der Waals surface area contributed by atoms with E-state index < -0.39 is 0 Å². The summed E-state index contributed by atoms with van der Waals surface area (Å²) in [6.45, 7) is 4.45. The van der Waals surface area contributed by atoms with Gasteiger partial charge in [-0.05, 0) is 30.1 Å². The Hall–Kier alpha value is -2.87. The zero-order valence-corrected chi connectivity index (χ0v) is 15.9. The lowest BCUT2D eigenvalue weighted by molar-refractivity contribution is 0.270. The summed E-state index contributed by atoms with van der Waals surface area (Å²) in [6, 6.07) is 12.1. The molecule has 2 unspecified atom stereocenters. The fourth-order valence-corrected chi connectivity index (χ4v) is 4.43. The quantitative estimate of drug-likeness (QED) is 0.825. The minimum Gasteiger partial charge on any atom is -0.493 e. The number of allylic oxidation sites excluding steroid dienone is 1. The summed E-state index contributed by atoms with van der Waals surface area (Å²) >= 11 is 0. The summed E-state index contributed by atoms with van der Waals surface area (Å²) in [5.74, 6) is 0.117. The van der Waals surface area contributed by atoms with Gasteiger partial charge in [0.15, 0.2) is 0 Å². The lowest BCUT2D eigenvalue weighted by atomic mass is 9.65. The van der Waals surface area contributed by atoms with Gasteiger partial charge in [0.05, 0.1) is 18.7 Å². The van der Waals surface area contributed by atoms with Crippen LogP contribution in [0.15, 0.2) is 46.8 Å². The van der Waals surface area contributed by atoms with Gasteiger partial charge in [0.1, 0.15) is 11.6 Å². The van der Waals surface area contributed by atoms with Crippen molar-refractivity contribution in [3.8, 4) is 11.9 Å². The van der Waals surface area contributed by atoms with E-state index in [1.807, 2.05) is 30.3 Å². The van der Waals surface area contributed by atoms with E-state index in [0.29, 0.717) is 11.5 Å². The van der Waals surface area contributed by atoms with E-state index in [2.05, 4.69) is 24.9 Å². The van der Waals surface area contributed by atoms with E-state index in [9.17, 15) is 10.4 Å². The Morgan fingerprint density at radius 1 is 1.30 bits per heavy atom. The predicted molar refractivity (Wildman–Crippen MR) is 105 cm³/mol. The van der Waals surface area contributed by atoms with E-state index in [1.165, 1.54) is 0 Å². The zero-order chi connectivity index (χ0) is 19.2. The molecule has 2 atom stereocenters. The molecule has 138 valence electrons. The van der Waals surface area contributed by atoms with Crippen LogP contribution < -0.4 is 4.74 Å². The Bertz CT molecular complexity index is 1010. The molecule has 1 fully saturated rings. The van der Waals surface area contributed by atoms with Gasteiger partial charge in [-0.3, -0.25) is 0 Å². The third kappa shape index (κ3) is 2.95. The molecule has 1 aromatic carbocycles. The fraction of sp³-hybridized carbons (Fsp3) is 0.409. The highest BCUT2D eigenvalue weighted by Gasteiger charge is 2.43. The van der Waals surface area contributed by atoms with Crippen molar-refractivity contribution in [3.63, 3.8) is 0 Å². The summed E-state index contributed by atoms with van der Waals surface area (Å²) in [7, 11) is 1.59. The molecule has 0 spiro atoms. The smallest absolute Gasteiger partial charge is 0.225 e.